The fourth-order valence-electron chi connectivity index (χ4n) is 1.24. The summed E-state index contributed by atoms with van der Waals surface area (Å²) in [5.74, 6) is -0.937. The lowest BCUT2D eigenvalue weighted by Crippen LogP contribution is -2.21. The Labute approximate surface area is 105 Å². The monoisotopic (exact) mass is 280 g/mol. The Morgan fingerprint density at radius 3 is 2.35 bits per heavy atom. The quantitative estimate of drug-likeness (QED) is 0.873. The van der Waals surface area contributed by atoms with Gasteiger partial charge in [-0.3, -0.25) is 0 Å². The number of aromatic nitrogens is 1. The van der Waals surface area contributed by atoms with Gasteiger partial charge in [0.05, 0.1) is 19.4 Å². The van der Waals surface area contributed by atoms with Gasteiger partial charge in [-0.2, -0.15) is 0 Å². The van der Waals surface area contributed by atoms with Crippen molar-refractivity contribution in [3.05, 3.63) is 11.2 Å². The van der Waals surface area contributed by atoms with Gasteiger partial charge in [0.15, 0.2) is 9.22 Å². The number of nitrogens with two attached hydrogens (primary N) is 1. The molecule has 0 amide bonds. The Bertz CT molecular complexity index is 463. The van der Waals surface area contributed by atoms with Crippen molar-refractivity contribution >= 4 is 21.4 Å². The predicted octanol–water partition coefficient (Wildman–Crippen LogP) is 1.04. The molecule has 8 heteroatoms. The first kappa shape index (κ1) is 14.5. The van der Waals surface area contributed by atoms with Crippen LogP contribution in [0.15, 0.2) is 10.4 Å². The molecule has 0 unspecified atom stereocenters. The Morgan fingerprint density at radius 1 is 1.41 bits per heavy atom. The van der Waals surface area contributed by atoms with Crippen LogP contribution in [0.2, 0.25) is 0 Å². The molecule has 6 nitrogen and oxygen atoms in total. The summed E-state index contributed by atoms with van der Waals surface area (Å²) in [6, 6.07) is 0. The summed E-state index contributed by atoms with van der Waals surface area (Å²) >= 11 is 0.962. The standard InChI is InChI=1S/C7H10N2O4S2.C2H6/c1-7(12-2-3-13-7)6-9-4-5(14-6)15(8,10)11;1-2/h4H,2-3H2,1H3,(H2,8,10,11);1-2H3. The molecule has 0 bridgehead atoms. The molecule has 17 heavy (non-hydrogen) atoms. The molecule has 0 radical (unpaired) electrons. The second-order valence-corrected chi connectivity index (χ2v) is 5.99. The lowest BCUT2D eigenvalue weighted by atomic mass is 10.3. The van der Waals surface area contributed by atoms with E-state index in [9.17, 15) is 8.42 Å². The number of primary sulfonamides is 1. The minimum Gasteiger partial charge on any atom is -0.342 e. The highest BCUT2D eigenvalue weighted by Gasteiger charge is 2.37. The molecule has 1 aliphatic rings. The molecule has 1 aromatic heterocycles. The summed E-state index contributed by atoms with van der Waals surface area (Å²) in [4.78, 5) is 3.95. The zero-order valence-corrected chi connectivity index (χ0v) is 11.6. The van der Waals surface area contributed by atoms with Crippen LogP contribution in [0, 0.1) is 0 Å². The highest BCUT2D eigenvalue weighted by molar-refractivity contribution is 7.91. The van der Waals surface area contributed by atoms with Gasteiger partial charge in [-0.1, -0.05) is 13.8 Å². The largest absolute Gasteiger partial charge is 0.342 e. The van der Waals surface area contributed by atoms with Gasteiger partial charge in [0.2, 0.25) is 15.8 Å². The molecule has 0 aliphatic carbocycles. The van der Waals surface area contributed by atoms with E-state index in [0.717, 1.165) is 11.3 Å². The van der Waals surface area contributed by atoms with E-state index in [0.29, 0.717) is 18.2 Å². The second kappa shape index (κ2) is 5.40. The Kier molecular flexibility index (Phi) is 4.62. The van der Waals surface area contributed by atoms with Crippen LogP contribution in [-0.4, -0.2) is 26.6 Å². The van der Waals surface area contributed by atoms with E-state index in [2.05, 4.69) is 4.98 Å². The number of hydrogen-bond acceptors (Lipinski definition) is 6. The molecule has 1 aromatic rings. The van der Waals surface area contributed by atoms with E-state index in [1.165, 1.54) is 6.20 Å². The van der Waals surface area contributed by atoms with Crippen LogP contribution < -0.4 is 5.14 Å². The van der Waals surface area contributed by atoms with Crippen LogP contribution >= 0.6 is 11.3 Å². The summed E-state index contributed by atoms with van der Waals surface area (Å²) in [6.07, 6.45) is 1.21. The van der Waals surface area contributed by atoms with E-state index in [1.807, 2.05) is 13.8 Å². The Hall–Kier alpha value is -0.540. The van der Waals surface area contributed by atoms with Crippen molar-refractivity contribution < 1.29 is 17.9 Å². The van der Waals surface area contributed by atoms with E-state index in [4.69, 9.17) is 14.6 Å². The average molecular weight is 280 g/mol. The molecule has 2 rings (SSSR count). The third kappa shape index (κ3) is 3.23. The van der Waals surface area contributed by atoms with Crippen LogP contribution in [0.25, 0.3) is 0 Å². The maximum Gasteiger partial charge on any atom is 0.249 e. The van der Waals surface area contributed by atoms with Crippen molar-refractivity contribution in [1.82, 2.24) is 4.98 Å². The van der Waals surface area contributed by atoms with Crippen molar-refractivity contribution in [3.8, 4) is 0 Å². The zero-order valence-electron chi connectivity index (χ0n) is 9.97. The maximum atomic E-state index is 11.0. The first-order valence-electron chi connectivity index (χ1n) is 5.19. The molecule has 1 aliphatic heterocycles. The zero-order chi connectivity index (χ0) is 13.1. The van der Waals surface area contributed by atoms with Gasteiger partial charge in [-0.25, -0.2) is 18.5 Å². The highest BCUT2D eigenvalue weighted by Crippen LogP contribution is 2.34. The summed E-state index contributed by atoms with van der Waals surface area (Å²) in [5, 5.41) is 5.43. The minimum atomic E-state index is -3.69. The summed E-state index contributed by atoms with van der Waals surface area (Å²) in [6.45, 7) is 6.65. The van der Waals surface area contributed by atoms with Crippen molar-refractivity contribution in [3.63, 3.8) is 0 Å². The van der Waals surface area contributed by atoms with Crippen LogP contribution in [0.5, 0.6) is 0 Å². The number of rotatable bonds is 2. The number of ether oxygens (including phenoxy) is 2. The Morgan fingerprint density at radius 2 is 1.94 bits per heavy atom. The van der Waals surface area contributed by atoms with E-state index in [1.54, 1.807) is 6.92 Å². The maximum absolute atomic E-state index is 11.0. The second-order valence-electron chi connectivity index (χ2n) is 3.17. The first-order chi connectivity index (χ1) is 7.92. The third-order valence-electron chi connectivity index (χ3n) is 1.99. The predicted molar refractivity (Wildman–Crippen MR) is 64.1 cm³/mol. The van der Waals surface area contributed by atoms with Gasteiger partial charge >= 0.3 is 0 Å². The van der Waals surface area contributed by atoms with Crippen LogP contribution in [0.4, 0.5) is 0 Å². The number of sulfonamides is 1. The normalized spacial score (nSPS) is 18.6. The van der Waals surface area contributed by atoms with Gasteiger partial charge in [-0.15, -0.1) is 11.3 Å². The molecule has 0 spiro atoms. The topological polar surface area (TPSA) is 91.5 Å². The third-order valence-corrected chi connectivity index (χ3v) is 4.58. The van der Waals surface area contributed by atoms with Crippen LogP contribution in [0.3, 0.4) is 0 Å². The minimum absolute atomic E-state index is 0.0119. The SMILES string of the molecule is CC.CC1(c2ncc(S(N)(=O)=O)s2)OCCO1. The summed E-state index contributed by atoms with van der Waals surface area (Å²) in [7, 11) is -3.69. The van der Waals surface area contributed by atoms with Gasteiger partial charge in [-0.05, 0) is 6.92 Å². The van der Waals surface area contributed by atoms with Crippen LogP contribution in [-0.2, 0) is 25.3 Å². The van der Waals surface area contributed by atoms with E-state index < -0.39 is 15.8 Å². The van der Waals surface area contributed by atoms with E-state index in [-0.39, 0.29) is 4.21 Å². The molecule has 2 heterocycles. The van der Waals surface area contributed by atoms with Gasteiger partial charge in [0.1, 0.15) is 0 Å². The lowest BCUT2D eigenvalue weighted by Gasteiger charge is -2.18. The molecular weight excluding hydrogens is 264 g/mol. The summed E-state index contributed by atoms with van der Waals surface area (Å²) in [5.41, 5.74) is 0. The van der Waals surface area contributed by atoms with Gasteiger partial charge in [0.25, 0.3) is 0 Å². The molecule has 0 aromatic carbocycles. The number of hydrogen-bond donors (Lipinski definition) is 1. The van der Waals surface area contributed by atoms with Crippen molar-refractivity contribution in [2.45, 2.75) is 30.8 Å². The van der Waals surface area contributed by atoms with E-state index >= 15 is 0 Å². The fourth-order valence-corrected chi connectivity index (χ4v) is 2.84. The molecule has 1 saturated heterocycles. The molecule has 2 N–H and O–H groups in total. The molecule has 0 atom stereocenters. The van der Waals surface area contributed by atoms with Crippen LogP contribution in [0.1, 0.15) is 25.8 Å². The Balaban J connectivity index is 0.000000686. The van der Waals surface area contributed by atoms with Gasteiger partial charge in [0, 0.05) is 0 Å². The van der Waals surface area contributed by atoms with Crippen molar-refractivity contribution in [1.29, 1.82) is 0 Å². The average Bonchev–Trinajstić information content (AvgIpc) is 2.88. The van der Waals surface area contributed by atoms with Gasteiger partial charge < -0.3 is 9.47 Å². The fraction of sp³-hybridized carbons (Fsp3) is 0.667. The number of nitrogens with zero attached hydrogens (tertiary/aromatic N) is 1. The van der Waals surface area contributed by atoms with Crippen molar-refractivity contribution in [2.75, 3.05) is 13.2 Å². The molecular formula is C9H16N2O4S2. The number of thiazole rings is 1. The molecule has 98 valence electrons. The molecule has 0 saturated carbocycles. The lowest BCUT2D eigenvalue weighted by molar-refractivity contribution is -0.149. The first-order valence-corrected chi connectivity index (χ1v) is 7.55. The highest BCUT2D eigenvalue weighted by atomic mass is 32.2. The smallest absolute Gasteiger partial charge is 0.249 e. The summed E-state index contributed by atoms with van der Waals surface area (Å²) < 4.78 is 32.8. The van der Waals surface area contributed by atoms with Crippen molar-refractivity contribution in [2.24, 2.45) is 5.14 Å². The molecule has 1 fully saturated rings.